The molecule has 3 heterocycles. The highest BCUT2D eigenvalue weighted by Gasteiger charge is 2.23. The zero-order chi connectivity index (χ0) is 41.0. The monoisotopic (exact) mass is 793 g/mol. The topological polar surface area (TPSA) is 48.5 Å². The van der Waals surface area contributed by atoms with E-state index in [-0.39, 0.29) is 0 Å². The summed E-state index contributed by atoms with van der Waals surface area (Å²) in [6.07, 6.45) is 9.01. The minimum atomic E-state index is 0.634. The van der Waals surface area contributed by atoms with Gasteiger partial charge in [0.05, 0.1) is 27.8 Å². The second-order valence-electron chi connectivity index (χ2n) is 15.9. The van der Waals surface area contributed by atoms with Crippen molar-refractivity contribution in [3.63, 3.8) is 0 Å². The van der Waals surface area contributed by atoms with E-state index in [4.69, 9.17) is 15.0 Å². The molecule has 5 heteroatoms. The van der Waals surface area contributed by atoms with Crippen molar-refractivity contribution in [2.45, 2.75) is 12.8 Å². The van der Waals surface area contributed by atoms with Gasteiger partial charge in [0.2, 0.25) is 0 Å². The van der Waals surface area contributed by atoms with Gasteiger partial charge < -0.3 is 9.13 Å². The van der Waals surface area contributed by atoms with Crippen molar-refractivity contribution in [1.82, 2.24) is 24.1 Å². The third kappa shape index (κ3) is 5.97. The maximum Gasteiger partial charge on any atom is 0.164 e. The van der Waals surface area contributed by atoms with Crippen LogP contribution in [0.15, 0.2) is 212 Å². The van der Waals surface area contributed by atoms with Crippen LogP contribution in [0, 0.1) is 0 Å². The van der Waals surface area contributed by atoms with Gasteiger partial charge in [-0.25, -0.2) is 15.0 Å². The Kier molecular flexibility index (Phi) is 8.56. The van der Waals surface area contributed by atoms with Gasteiger partial charge in [-0.15, -0.1) is 0 Å². The summed E-state index contributed by atoms with van der Waals surface area (Å²) in [4.78, 5) is 15.1. The molecule has 0 aliphatic heterocycles. The number of hydrogen-bond donors (Lipinski definition) is 0. The van der Waals surface area contributed by atoms with E-state index < -0.39 is 0 Å². The fourth-order valence-corrected chi connectivity index (χ4v) is 9.34. The highest BCUT2D eigenvalue weighted by molar-refractivity contribution is 6.18. The Morgan fingerprint density at radius 3 is 1.63 bits per heavy atom. The molecular weight excluding hydrogens is 755 g/mol. The van der Waals surface area contributed by atoms with Crippen LogP contribution in [-0.4, -0.2) is 24.1 Å². The minimum absolute atomic E-state index is 0.634. The highest BCUT2D eigenvalue weighted by Crippen LogP contribution is 2.44. The lowest BCUT2D eigenvalue weighted by atomic mass is 9.99. The molecule has 12 rings (SSSR count). The molecule has 0 radical (unpaired) electrons. The van der Waals surface area contributed by atoms with E-state index in [1.54, 1.807) is 0 Å². The average Bonchev–Trinajstić information content (AvgIpc) is 3.88. The lowest BCUT2D eigenvalue weighted by Crippen LogP contribution is -2.03. The van der Waals surface area contributed by atoms with Crippen molar-refractivity contribution in [3.05, 3.63) is 212 Å². The molecule has 0 saturated heterocycles. The molecule has 0 bridgehead atoms. The zero-order valence-electron chi connectivity index (χ0n) is 33.9. The Bertz CT molecular complexity index is 3500. The van der Waals surface area contributed by atoms with Gasteiger partial charge in [-0.3, -0.25) is 0 Å². The van der Waals surface area contributed by atoms with Crippen molar-refractivity contribution in [2.75, 3.05) is 0 Å². The SMILES string of the molecule is C1=CC(n2c3c(-c4cccc(-c5nc(-c6ccccc6)nc(-c6ccccc6)n5)c4)cccc3c3cccc(-n4c5ccccc5c5cc(-c6ccccc6)ccc54)c32)=CCC1. The lowest BCUT2D eigenvalue weighted by molar-refractivity contribution is 1.02. The summed E-state index contributed by atoms with van der Waals surface area (Å²) in [5.74, 6) is 1.92. The molecule has 0 unspecified atom stereocenters. The molecule has 0 spiro atoms. The van der Waals surface area contributed by atoms with E-state index in [1.165, 1.54) is 60.4 Å². The fraction of sp³-hybridized carbons (Fsp3) is 0.0351. The lowest BCUT2D eigenvalue weighted by Gasteiger charge is -2.18. The van der Waals surface area contributed by atoms with E-state index >= 15 is 0 Å². The van der Waals surface area contributed by atoms with E-state index in [0.717, 1.165) is 46.3 Å². The Labute approximate surface area is 359 Å². The summed E-state index contributed by atoms with van der Waals surface area (Å²) in [5, 5.41) is 4.88. The van der Waals surface area contributed by atoms with Gasteiger partial charge in [0.15, 0.2) is 17.5 Å². The van der Waals surface area contributed by atoms with Crippen LogP contribution in [0.2, 0.25) is 0 Å². The highest BCUT2D eigenvalue weighted by atomic mass is 15.1. The summed E-state index contributed by atoms with van der Waals surface area (Å²) >= 11 is 0. The van der Waals surface area contributed by atoms with Crippen LogP contribution in [0.5, 0.6) is 0 Å². The van der Waals surface area contributed by atoms with Crippen LogP contribution < -0.4 is 0 Å². The molecule has 0 atom stereocenters. The predicted octanol–water partition coefficient (Wildman–Crippen LogP) is 14.6. The third-order valence-corrected chi connectivity index (χ3v) is 12.2. The van der Waals surface area contributed by atoms with Crippen molar-refractivity contribution in [1.29, 1.82) is 0 Å². The standard InChI is InChI=1S/C57H39N5/c1-5-18-38(19-6-1)41-34-35-51-49(37-41)46-28-13-14-32-50(46)62(51)52-33-17-31-48-47-30-16-29-45(53(47)61(54(48)52)44-26-11-4-12-27-44)42-24-15-25-43(36-42)57-59-55(39-20-7-2-8-21-39)58-56(60-57)40-22-9-3-10-23-40/h1-3,5-11,13-37H,4,12H2. The molecule has 8 aromatic carbocycles. The van der Waals surface area contributed by atoms with E-state index in [0.29, 0.717) is 17.5 Å². The summed E-state index contributed by atoms with van der Waals surface area (Å²) < 4.78 is 4.99. The predicted molar refractivity (Wildman–Crippen MR) is 257 cm³/mol. The molecule has 1 aliphatic rings. The van der Waals surface area contributed by atoms with Gasteiger partial charge in [-0.2, -0.15) is 0 Å². The van der Waals surface area contributed by atoms with Crippen molar-refractivity contribution >= 4 is 49.3 Å². The molecule has 3 aromatic heterocycles. The Morgan fingerprint density at radius 2 is 0.919 bits per heavy atom. The van der Waals surface area contributed by atoms with Gasteiger partial charge in [0.1, 0.15) is 0 Å². The molecule has 292 valence electrons. The van der Waals surface area contributed by atoms with Gasteiger partial charge in [-0.1, -0.05) is 176 Å². The molecule has 11 aromatic rings. The van der Waals surface area contributed by atoms with Crippen molar-refractivity contribution < 1.29 is 0 Å². The Balaban J connectivity index is 1.09. The molecule has 0 amide bonds. The largest absolute Gasteiger partial charge is 0.307 e. The number of hydrogen-bond acceptors (Lipinski definition) is 3. The average molecular weight is 794 g/mol. The van der Waals surface area contributed by atoms with Crippen molar-refractivity contribution in [2.24, 2.45) is 0 Å². The second kappa shape index (κ2) is 14.8. The minimum Gasteiger partial charge on any atom is -0.307 e. The first-order valence-corrected chi connectivity index (χ1v) is 21.3. The number of rotatable bonds is 7. The zero-order valence-corrected chi connectivity index (χ0v) is 33.9. The van der Waals surface area contributed by atoms with Crippen LogP contribution >= 0.6 is 0 Å². The number of fused-ring (bicyclic) bond motifs is 6. The first-order chi connectivity index (χ1) is 30.8. The summed E-state index contributed by atoms with van der Waals surface area (Å²) in [6, 6.07) is 68.9. The summed E-state index contributed by atoms with van der Waals surface area (Å²) in [6.45, 7) is 0. The van der Waals surface area contributed by atoms with Crippen LogP contribution in [0.4, 0.5) is 0 Å². The summed E-state index contributed by atoms with van der Waals surface area (Å²) in [7, 11) is 0. The molecule has 5 nitrogen and oxygen atoms in total. The normalized spacial score (nSPS) is 12.7. The van der Waals surface area contributed by atoms with Crippen LogP contribution in [0.1, 0.15) is 12.8 Å². The molecule has 1 aliphatic carbocycles. The van der Waals surface area contributed by atoms with E-state index in [1.807, 2.05) is 60.7 Å². The molecule has 0 fully saturated rings. The molecule has 62 heavy (non-hydrogen) atoms. The van der Waals surface area contributed by atoms with Crippen LogP contribution in [0.25, 0.3) is 111 Å². The first-order valence-electron chi connectivity index (χ1n) is 21.3. The molecule has 0 N–H and O–H groups in total. The van der Waals surface area contributed by atoms with Gasteiger partial charge >= 0.3 is 0 Å². The van der Waals surface area contributed by atoms with Gasteiger partial charge in [-0.05, 0) is 65.9 Å². The fourth-order valence-electron chi connectivity index (χ4n) is 9.34. The quantitative estimate of drug-likeness (QED) is 0.161. The Morgan fingerprint density at radius 1 is 0.355 bits per heavy atom. The van der Waals surface area contributed by atoms with Crippen molar-refractivity contribution in [3.8, 4) is 62.1 Å². The number of benzene rings is 8. The number of allylic oxidation sites excluding steroid dienone is 4. The van der Waals surface area contributed by atoms with Crippen LogP contribution in [-0.2, 0) is 0 Å². The van der Waals surface area contributed by atoms with Crippen LogP contribution in [0.3, 0.4) is 0 Å². The molecular formula is C57H39N5. The van der Waals surface area contributed by atoms with Gasteiger partial charge in [0, 0.05) is 49.5 Å². The van der Waals surface area contributed by atoms with E-state index in [2.05, 4.69) is 161 Å². The van der Waals surface area contributed by atoms with Gasteiger partial charge in [0.25, 0.3) is 0 Å². The Hall–Kier alpha value is -8.15. The number of nitrogens with zero attached hydrogens (tertiary/aromatic N) is 5. The number of aromatic nitrogens is 5. The maximum atomic E-state index is 5.09. The third-order valence-electron chi connectivity index (χ3n) is 12.2. The maximum absolute atomic E-state index is 5.09. The smallest absolute Gasteiger partial charge is 0.164 e. The first kappa shape index (κ1) is 35.8. The van der Waals surface area contributed by atoms with E-state index in [9.17, 15) is 0 Å². The molecule has 0 saturated carbocycles. The number of para-hydroxylation sites is 3. The second-order valence-corrected chi connectivity index (χ2v) is 15.9. The summed E-state index contributed by atoms with van der Waals surface area (Å²) in [5.41, 5.74) is 14.5.